The molecule has 0 radical (unpaired) electrons. The molecule has 0 amide bonds. The van der Waals surface area contributed by atoms with Crippen LogP contribution in [0.1, 0.15) is 12.6 Å². The molecule has 0 aliphatic rings. The zero-order chi connectivity index (χ0) is 15.2. The zero-order valence-corrected chi connectivity index (χ0v) is 11.2. The Morgan fingerprint density at radius 2 is 2.19 bits per heavy atom. The summed E-state index contributed by atoms with van der Waals surface area (Å²) in [6, 6.07) is 3.13. The van der Waals surface area contributed by atoms with Gasteiger partial charge >= 0.3 is 5.69 Å². The van der Waals surface area contributed by atoms with Gasteiger partial charge in [0.15, 0.2) is 5.75 Å². The molecule has 2 aromatic rings. The maximum absolute atomic E-state index is 13.0. The van der Waals surface area contributed by atoms with E-state index in [1.165, 1.54) is 12.3 Å². The first-order valence-corrected chi connectivity index (χ1v) is 6.21. The number of aromatic nitrogens is 2. The lowest BCUT2D eigenvalue weighted by Gasteiger charge is -2.07. The Morgan fingerprint density at radius 3 is 2.81 bits per heavy atom. The predicted molar refractivity (Wildman–Crippen MR) is 73.6 cm³/mol. The van der Waals surface area contributed by atoms with E-state index in [2.05, 4.69) is 15.3 Å². The molecule has 0 saturated carbocycles. The zero-order valence-electron chi connectivity index (χ0n) is 11.2. The molecule has 0 fully saturated rings. The average Bonchev–Trinajstić information content (AvgIpc) is 2.47. The van der Waals surface area contributed by atoms with E-state index in [1.54, 1.807) is 6.20 Å². The lowest BCUT2D eigenvalue weighted by molar-refractivity contribution is -0.386. The first-order chi connectivity index (χ1) is 10.1. The van der Waals surface area contributed by atoms with Gasteiger partial charge in [-0.3, -0.25) is 15.1 Å². The summed E-state index contributed by atoms with van der Waals surface area (Å²) in [4.78, 5) is 18.3. The third-order valence-electron chi connectivity index (χ3n) is 2.56. The summed E-state index contributed by atoms with van der Waals surface area (Å²) in [7, 11) is 0. The fraction of sp³-hybridized carbons (Fsp3) is 0.231. The van der Waals surface area contributed by atoms with Gasteiger partial charge in [-0.15, -0.1) is 0 Å². The van der Waals surface area contributed by atoms with Crippen molar-refractivity contribution in [1.29, 1.82) is 0 Å². The highest BCUT2D eigenvalue weighted by atomic mass is 19.1. The van der Waals surface area contributed by atoms with E-state index in [0.717, 1.165) is 18.7 Å². The lowest BCUT2D eigenvalue weighted by atomic mass is 10.3. The highest BCUT2D eigenvalue weighted by Gasteiger charge is 2.16. The smallest absolute Gasteiger partial charge is 0.313 e. The number of rotatable bonds is 6. The van der Waals surface area contributed by atoms with Crippen LogP contribution in [0.2, 0.25) is 0 Å². The molecule has 0 spiro atoms. The van der Waals surface area contributed by atoms with Crippen LogP contribution in [0.4, 0.5) is 15.9 Å². The van der Waals surface area contributed by atoms with E-state index in [1.807, 2.05) is 6.92 Å². The number of ether oxygens (including phenoxy) is 1. The van der Waals surface area contributed by atoms with Crippen molar-refractivity contribution in [2.75, 3.05) is 11.9 Å². The summed E-state index contributed by atoms with van der Waals surface area (Å²) in [5, 5.41) is 13.8. The van der Waals surface area contributed by atoms with Gasteiger partial charge in [-0.05, 0) is 19.1 Å². The van der Waals surface area contributed by atoms with Crippen molar-refractivity contribution >= 4 is 11.5 Å². The molecule has 0 atom stereocenters. The number of nitro benzene ring substituents is 1. The number of nitrogens with one attached hydrogen (secondary N) is 1. The van der Waals surface area contributed by atoms with E-state index in [4.69, 9.17) is 4.74 Å². The first kappa shape index (κ1) is 14.6. The quantitative estimate of drug-likeness (QED) is 0.650. The third kappa shape index (κ3) is 3.85. The standard InChI is InChI=1S/C13H13FN4O3/c1-2-15-13-7-16-10(6-17-13)8-21-12-4-3-9(14)5-11(12)18(19)20/h3-7H,2,8H2,1H3,(H,15,17). The predicted octanol–water partition coefficient (Wildman–Crippen LogP) is 2.53. The molecule has 0 saturated heterocycles. The lowest BCUT2D eigenvalue weighted by Crippen LogP contribution is -2.04. The van der Waals surface area contributed by atoms with E-state index in [0.29, 0.717) is 11.5 Å². The van der Waals surface area contributed by atoms with Crippen molar-refractivity contribution in [3.8, 4) is 5.75 Å². The second kappa shape index (κ2) is 6.60. The molecule has 1 aromatic heterocycles. The Morgan fingerprint density at radius 1 is 1.38 bits per heavy atom. The van der Waals surface area contributed by atoms with E-state index in [-0.39, 0.29) is 12.4 Å². The van der Waals surface area contributed by atoms with Gasteiger partial charge in [0.25, 0.3) is 0 Å². The SMILES string of the molecule is CCNc1cnc(COc2ccc(F)cc2[N+](=O)[O-])cn1. The topological polar surface area (TPSA) is 90.2 Å². The summed E-state index contributed by atoms with van der Waals surface area (Å²) in [5.41, 5.74) is 0.0857. The number of nitro groups is 1. The van der Waals surface area contributed by atoms with Crippen LogP contribution in [0, 0.1) is 15.9 Å². The van der Waals surface area contributed by atoms with Gasteiger partial charge in [-0.25, -0.2) is 9.37 Å². The maximum atomic E-state index is 13.0. The Kier molecular flexibility index (Phi) is 4.60. The largest absolute Gasteiger partial charge is 0.480 e. The molecule has 1 heterocycles. The van der Waals surface area contributed by atoms with Gasteiger partial charge in [-0.2, -0.15) is 0 Å². The van der Waals surface area contributed by atoms with Crippen molar-refractivity contribution in [1.82, 2.24) is 9.97 Å². The molecular formula is C13H13FN4O3. The second-order valence-corrected chi connectivity index (χ2v) is 4.08. The minimum absolute atomic E-state index is 0.00583. The number of benzene rings is 1. The summed E-state index contributed by atoms with van der Waals surface area (Å²) >= 11 is 0. The van der Waals surface area contributed by atoms with Crippen LogP contribution in [0.3, 0.4) is 0 Å². The Balaban J connectivity index is 2.07. The van der Waals surface area contributed by atoms with E-state index >= 15 is 0 Å². The van der Waals surface area contributed by atoms with Gasteiger partial charge in [0.1, 0.15) is 18.2 Å². The van der Waals surface area contributed by atoms with Crippen molar-refractivity contribution in [2.45, 2.75) is 13.5 Å². The van der Waals surface area contributed by atoms with Crippen LogP contribution >= 0.6 is 0 Å². The monoisotopic (exact) mass is 292 g/mol. The minimum atomic E-state index is -0.696. The molecule has 21 heavy (non-hydrogen) atoms. The fourth-order valence-electron chi connectivity index (χ4n) is 1.61. The molecule has 0 unspecified atom stereocenters. The molecule has 1 N–H and O–H groups in total. The molecule has 0 bridgehead atoms. The first-order valence-electron chi connectivity index (χ1n) is 6.21. The van der Waals surface area contributed by atoms with E-state index in [9.17, 15) is 14.5 Å². The third-order valence-corrected chi connectivity index (χ3v) is 2.56. The van der Waals surface area contributed by atoms with Crippen LogP contribution in [0.25, 0.3) is 0 Å². The Labute approximate surface area is 120 Å². The van der Waals surface area contributed by atoms with Crippen molar-refractivity contribution in [3.63, 3.8) is 0 Å². The van der Waals surface area contributed by atoms with Crippen molar-refractivity contribution < 1.29 is 14.1 Å². The van der Waals surface area contributed by atoms with Crippen LogP contribution in [-0.4, -0.2) is 21.4 Å². The van der Waals surface area contributed by atoms with Gasteiger partial charge in [0.2, 0.25) is 0 Å². The molecule has 0 aliphatic carbocycles. The van der Waals surface area contributed by atoms with Gasteiger partial charge < -0.3 is 10.1 Å². The molecular weight excluding hydrogens is 279 g/mol. The highest BCUT2D eigenvalue weighted by molar-refractivity contribution is 5.46. The molecule has 110 valence electrons. The summed E-state index contributed by atoms with van der Waals surface area (Å²) < 4.78 is 18.3. The molecule has 8 heteroatoms. The minimum Gasteiger partial charge on any atom is -0.480 e. The normalized spacial score (nSPS) is 10.2. The van der Waals surface area contributed by atoms with Crippen molar-refractivity contribution in [2.24, 2.45) is 0 Å². The molecule has 1 aromatic carbocycles. The Bertz CT molecular complexity index is 634. The summed E-state index contributed by atoms with van der Waals surface area (Å²) in [5.74, 6) is -0.0724. The van der Waals surface area contributed by atoms with Crippen LogP contribution in [-0.2, 0) is 6.61 Å². The number of hydrogen-bond acceptors (Lipinski definition) is 6. The van der Waals surface area contributed by atoms with Crippen LogP contribution < -0.4 is 10.1 Å². The Hall–Kier alpha value is -2.77. The molecule has 7 nitrogen and oxygen atoms in total. The average molecular weight is 292 g/mol. The fourth-order valence-corrected chi connectivity index (χ4v) is 1.61. The van der Waals surface area contributed by atoms with E-state index < -0.39 is 16.4 Å². The van der Waals surface area contributed by atoms with Gasteiger partial charge in [0.05, 0.1) is 29.1 Å². The van der Waals surface area contributed by atoms with Gasteiger partial charge in [-0.1, -0.05) is 0 Å². The summed E-state index contributed by atoms with van der Waals surface area (Å²) in [6.45, 7) is 2.67. The number of halogens is 1. The van der Waals surface area contributed by atoms with Crippen LogP contribution in [0.5, 0.6) is 5.75 Å². The number of hydrogen-bond donors (Lipinski definition) is 1. The maximum Gasteiger partial charge on any atom is 0.313 e. The van der Waals surface area contributed by atoms with Gasteiger partial charge in [0, 0.05) is 6.54 Å². The second-order valence-electron chi connectivity index (χ2n) is 4.08. The summed E-state index contributed by atoms with van der Waals surface area (Å²) in [6.07, 6.45) is 3.05. The number of anilines is 1. The van der Waals surface area contributed by atoms with Crippen molar-refractivity contribution in [3.05, 3.63) is 52.2 Å². The molecule has 2 rings (SSSR count). The number of nitrogens with zero attached hydrogens (tertiary/aromatic N) is 3. The molecule has 0 aliphatic heterocycles. The highest BCUT2D eigenvalue weighted by Crippen LogP contribution is 2.27. The van der Waals surface area contributed by atoms with Crippen LogP contribution in [0.15, 0.2) is 30.6 Å².